The number of ether oxygens (including phenoxy) is 1. The van der Waals surface area contributed by atoms with Gasteiger partial charge >= 0.3 is 0 Å². The van der Waals surface area contributed by atoms with Crippen molar-refractivity contribution >= 4 is 5.96 Å². The van der Waals surface area contributed by atoms with Gasteiger partial charge in [0.05, 0.1) is 18.2 Å². The van der Waals surface area contributed by atoms with Gasteiger partial charge in [0.25, 0.3) is 0 Å². The van der Waals surface area contributed by atoms with Crippen molar-refractivity contribution in [3.8, 4) is 0 Å². The van der Waals surface area contributed by atoms with Crippen molar-refractivity contribution in [1.82, 2.24) is 10.6 Å². The summed E-state index contributed by atoms with van der Waals surface area (Å²) in [6, 6.07) is 9.32. The summed E-state index contributed by atoms with van der Waals surface area (Å²) in [5.41, 5.74) is 3.02. The van der Waals surface area contributed by atoms with E-state index < -0.39 is 0 Å². The minimum Gasteiger partial charge on any atom is -0.373 e. The number of aliphatic imine (C=N–C) groups is 1. The average Bonchev–Trinajstić information content (AvgIpc) is 3.23. The maximum absolute atomic E-state index is 5.96. The molecule has 24 heavy (non-hydrogen) atoms. The van der Waals surface area contributed by atoms with E-state index in [9.17, 15) is 0 Å². The Balaban J connectivity index is 1.42. The van der Waals surface area contributed by atoms with E-state index >= 15 is 0 Å². The number of rotatable bonds is 4. The highest BCUT2D eigenvalue weighted by atomic mass is 16.5. The van der Waals surface area contributed by atoms with Crippen LogP contribution in [-0.2, 0) is 11.2 Å². The Hall–Kier alpha value is -1.55. The Morgan fingerprint density at radius 1 is 1.25 bits per heavy atom. The van der Waals surface area contributed by atoms with Gasteiger partial charge in [0.2, 0.25) is 0 Å². The van der Waals surface area contributed by atoms with Crippen molar-refractivity contribution in [2.75, 3.05) is 13.1 Å². The van der Waals surface area contributed by atoms with Crippen LogP contribution in [0.25, 0.3) is 0 Å². The predicted octanol–water partition coefficient (Wildman–Crippen LogP) is 2.98. The van der Waals surface area contributed by atoms with Gasteiger partial charge in [-0.15, -0.1) is 0 Å². The normalized spacial score (nSPS) is 31.8. The Morgan fingerprint density at radius 3 is 2.96 bits per heavy atom. The fourth-order valence-corrected chi connectivity index (χ4v) is 4.53. The molecule has 2 aliphatic heterocycles. The fourth-order valence-electron chi connectivity index (χ4n) is 4.53. The van der Waals surface area contributed by atoms with Gasteiger partial charge in [-0.05, 0) is 56.6 Å². The lowest BCUT2D eigenvalue weighted by atomic mass is 9.83. The first-order valence-electron chi connectivity index (χ1n) is 9.61. The van der Waals surface area contributed by atoms with Gasteiger partial charge in [0.15, 0.2) is 5.96 Å². The van der Waals surface area contributed by atoms with E-state index in [4.69, 9.17) is 9.73 Å². The molecule has 0 radical (unpaired) electrons. The third-order valence-corrected chi connectivity index (χ3v) is 5.74. The van der Waals surface area contributed by atoms with E-state index in [0.29, 0.717) is 24.2 Å². The number of hydrogen-bond donors (Lipinski definition) is 2. The molecule has 4 heteroatoms. The van der Waals surface area contributed by atoms with E-state index in [1.54, 1.807) is 0 Å². The molecule has 2 bridgehead atoms. The van der Waals surface area contributed by atoms with Crippen LogP contribution >= 0.6 is 0 Å². The predicted molar refractivity (Wildman–Crippen MR) is 97.5 cm³/mol. The molecule has 1 aromatic carbocycles. The molecule has 4 atom stereocenters. The summed E-state index contributed by atoms with van der Waals surface area (Å²) >= 11 is 0. The molecule has 2 fully saturated rings. The second-order valence-electron chi connectivity index (χ2n) is 7.37. The molecule has 4 nitrogen and oxygen atoms in total. The number of guanidine groups is 1. The Kier molecular flexibility index (Phi) is 4.74. The molecule has 2 saturated heterocycles. The summed E-state index contributed by atoms with van der Waals surface area (Å²) in [4.78, 5) is 4.92. The van der Waals surface area contributed by atoms with Crippen molar-refractivity contribution in [1.29, 1.82) is 0 Å². The molecule has 0 saturated carbocycles. The van der Waals surface area contributed by atoms with Gasteiger partial charge < -0.3 is 15.4 Å². The van der Waals surface area contributed by atoms with Gasteiger partial charge in [-0.1, -0.05) is 24.3 Å². The van der Waals surface area contributed by atoms with Gasteiger partial charge in [-0.2, -0.15) is 0 Å². The van der Waals surface area contributed by atoms with Gasteiger partial charge in [0, 0.05) is 19.0 Å². The first-order chi connectivity index (χ1) is 11.8. The second kappa shape index (κ2) is 7.14. The summed E-state index contributed by atoms with van der Waals surface area (Å²) in [7, 11) is 0. The fraction of sp³-hybridized carbons (Fsp3) is 0.650. The summed E-state index contributed by atoms with van der Waals surface area (Å²) in [5, 5.41) is 7.04. The molecule has 4 unspecified atom stereocenters. The second-order valence-corrected chi connectivity index (χ2v) is 7.37. The van der Waals surface area contributed by atoms with Crippen LogP contribution in [0.3, 0.4) is 0 Å². The topological polar surface area (TPSA) is 45.7 Å². The lowest BCUT2D eigenvalue weighted by Gasteiger charge is -2.26. The number of benzene rings is 1. The number of aryl methyl sites for hydroxylation is 1. The Labute approximate surface area is 145 Å². The highest BCUT2D eigenvalue weighted by Crippen LogP contribution is 2.34. The van der Waals surface area contributed by atoms with Gasteiger partial charge in [-0.25, -0.2) is 0 Å². The molecular formula is C20H29N3O. The molecule has 1 aliphatic carbocycles. The standard InChI is InChI=1S/C20H29N3O/c1-2-21-20(23-18-12-16-10-11-19(18)24-16)22-13-15-8-5-7-14-6-3-4-9-17(14)15/h3-4,6,9,15-16,18-19H,2,5,7-8,10-13H2,1H3,(H2,21,22,23). The summed E-state index contributed by atoms with van der Waals surface area (Å²) < 4.78 is 5.96. The van der Waals surface area contributed by atoms with Gasteiger partial charge in [-0.3, -0.25) is 4.99 Å². The lowest BCUT2D eigenvalue weighted by Crippen LogP contribution is -2.47. The smallest absolute Gasteiger partial charge is 0.191 e. The lowest BCUT2D eigenvalue weighted by molar-refractivity contribution is 0.0992. The molecule has 0 aromatic heterocycles. The molecule has 1 aromatic rings. The van der Waals surface area contributed by atoms with Crippen LogP contribution in [0.4, 0.5) is 0 Å². The molecule has 3 aliphatic rings. The summed E-state index contributed by atoms with van der Waals surface area (Å²) in [5.74, 6) is 1.52. The van der Waals surface area contributed by atoms with Crippen molar-refractivity contribution in [2.45, 2.75) is 69.6 Å². The van der Waals surface area contributed by atoms with Gasteiger partial charge in [0.1, 0.15) is 0 Å². The van der Waals surface area contributed by atoms with E-state index in [-0.39, 0.29) is 0 Å². The third kappa shape index (κ3) is 3.30. The number of hydrogen-bond acceptors (Lipinski definition) is 2. The van der Waals surface area contributed by atoms with Crippen LogP contribution in [0.1, 0.15) is 56.1 Å². The molecular weight excluding hydrogens is 298 g/mol. The molecule has 4 rings (SSSR count). The molecule has 130 valence electrons. The highest BCUT2D eigenvalue weighted by Gasteiger charge is 2.41. The minimum absolute atomic E-state index is 0.384. The minimum atomic E-state index is 0.384. The van der Waals surface area contributed by atoms with E-state index in [0.717, 1.165) is 25.5 Å². The van der Waals surface area contributed by atoms with Crippen molar-refractivity contribution in [3.05, 3.63) is 35.4 Å². The number of nitrogens with one attached hydrogen (secondary N) is 2. The monoisotopic (exact) mass is 327 g/mol. The van der Waals surface area contributed by atoms with Crippen molar-refractivity contribution in [3.63, 3.8) is 0 Å². The Morgan fingerprint density at radius 2 is 2.17 bits per heavy atom. The first kappa shape index (κ1) is 15.9. The first-order valence-corrected chi connectivity index (χ1v) is 9.61. The van der Waals surface area contributed by atoms with Crippen LogP contribution in [-0.4, -0.2) is 37.3 Å². The zero-order valence-corrected chi connectivity index (χ0v) is 14.6. The third-order valence-electron chi connectivity index (χ3n) is 5.74. The maximum atomic E-state index is 5.96. The Bertz CT molecular complexity index is 600. The summed E-state index contributed by atoms with van der Waals surface area (Å²) in [6.07, 6.45) is 8.15. The zero-order valence-electron chi connectivity index (χ0n) is 14.6. The molecule has 0 amide bonds. The average molecular weight is 327 g/mol. The largest absolute Gasteiger partial charge is 0.373 e. The number of fused-ring (bicyclic) bond motifs is 3. The zero-order chi connectivity index (χ0) is 16.4. The van der Waals surface area contributed by atoms with Crippen LogP contribution in [0.15, 0.2) is 29.3 Å². The quantitative estimate of drug-likeness (QED) is 0.660. The molecule has 0 spiro atoms. The maximum Gasteiger partial charge on any atom is 0.191 e. The summed E-state index contributed by atoms with van der Waals surface area (Å²) in [6.45, 7) is 3.90. The van der Waals surface area contributed by atoms with Crippen LogP contribution in [0.2, 0.25) is 0 Å². The van der Waals surface area contributed by atoms with E-state index in [1.807, 2.05) is 0 Å². The molecule has 2 N–H and O–H groups in total. The van der Waals surface area contributed by atoms with E-state index in [1.165, 1.54) is 43.2 Å². The highest BCUT2D eigenvalue weighted by molar-refractivity contribution is 5.80. The van der Waals surface area contributed by atoms with E-state index in [2.05, 4.69) is 41.8 Å². The van der Waals surface area contributed by atoms with Crippen LogP contribution < -0.4 is 10.6 Å². The number of nitrogens with zero attached hydrogens (tertiary/aromatic N) is 1. The van der Waals surface area contributed by atoms with Crippen molar-refractivity contribution in [2.24, 2.45) is 4.99 Å². The SMILES string of the molecule is CCNC(=NCC1CCCc2ccccc21)NC1CC2CCC1O2. The van der Waals surface area contributed by atoms with Crippen LogP contribution in [0.5, 0.6) is 0 Å². The molecule has 2 heterocycles. The van der Waals surface area contributed by atoms with Crippen LogP contribution in [0, 0.1) is 0 Å². The van der Waals surface area contributed by atoms with Crippen molar-refractivity contribution < 1.29 is 4.74 Å².